The highest BCUT2D eigenvalue weighted by atomic mass is 127. The minimum Gasteiger partial charge on any atom is -0.480 e. The molecule has 0 bridgehead atoms. The molecule has 1 aromatic carbocycles. The van der Waals surface area contributed by atoms with Gasteiger partial charge in [-0.25, -0.2) is 0 Å². The number of carboxylic acid groups (broad SMARTS) is 1. The van der Waals surface area contributed by atoms with Gasteiger partial charge < -0.3 is 5.11 Å². The van der Waals surface area contributed by atoms with Crippen molar-refractivity contribution in [2.45, 2.75) is 24.0 Å². The highest BCUT2D eigenvalue weighted by molar-refractivity contribution is 14.1. The number of nitro groups is 1. The summed E-state index contributed by atoms with van der Waals surface area (Å²) in [5.74, 6) is -1.06. The summed E-state index contributed by atoms with van der Waals surface area (Å²) in [6.45, 7) is 3.56. The highest BCUT2D eigenvalue weighted by Gasteiger charge is 2.26. The van der Waals surface area contributed by atoms with E-state index in [-0.39, 0.29) is 11.6 Å². The van der Waals surface area contributed by atoms with Gasteiger partial charge in [-0.1, -0.05) is 13.8 Å². The molecule has 1 atom stereocenters. The quantitative estimate of drug-likeness (QED) is 0.366. The number of nitro benzene ring substituents is 1. The zero-order valence-corrected chi connectivity index (χ0v) is 12.8. The number of rotatable bonds is 5. The predicted octanol–water partition coefficient (Wildman–Crippen LogP) is 3.40. The van der Waals surface area contributed by atoms with Crippen LogP contribution in [0.4, 0.5) is 5.69 Å². The lowest BCUT2D eigenvalue weighted by atomic mass is 10.1. The molecule has 7 heteroatoms. The van der Waals surface area contributed by atoms with Gasteiger partial charge in [-0.2, -0.15) is 0 Å². The number of carboxylic acids is 1. The Morgan fingerprint density at radius 2 is 2.11 bits per heavy atom. The van der Waals surface area contributed by atoms with E-state index in [1.54, 1.807) is 26.0 Å². The Bertz CT molecular complexity index is 478. The largest absolute Gasteiger partial charge is 0.480 e. The van der Waals surface area contributed by atoms with Crippen LogP contribution in [0.3, 0.4) is 0 Å². The fraction of sp³-hybridized carbons (Fsp3) is 0.364. The second kappa shape index (κ2) is 6.37. The first kappa shape index (κ1) is 15.2. The van der Waals surface area contributed by atoms with Gasteiger partial charge in [0, 0.05) is 9.64 Å². The molecule has 0 aromatic heterocycles. The zero-order valence-electron chi connectivity index (χ0n) is 9.79. The summed E-state index contributed by atoms with van der Waals surface area (Å²) in [4.78, 5) is 21.9. The second-order valence-electron chi connectivity index (χ2n) is 3.99. The van der Waals surface area contributed by atoms with Gasteiger partial charge in [0.2, 0.25) is 0 Å². The maximum absolute atomic E-state index is 11.1. The molecule has 0 aliphatic rings. The van der Waals surface area contributed by atoms with Crippen LogP contribution in [0.25, 0.3) is 0 Å². The summed E-state index contributed by atoms with van der Waals surface area (Å²) in [6.07, 6.45) is 0. The topological polar surface area (TPSA) is 80.4 Å². The molecule has 0 fully saturated rings. The van der Waals surface area contributed by atoms with Crippen molar-refractivity contribution in [1.82, 2.24) is 0 Å². The summed E-state index contributed by atoms with van der Waals surface area (Å²) in [5, 5.41) is 19.3. The monoisotopic (exact) mass is 381 g/mol. The number of nitrogens with zero attached hydrogens (tertiary/aromatic N) is 1. The van der Waals surface area contributed by atoms with Crippen LogP contribution in [-0.4, -0.2) is 21.2 Å². The minimum absolute atomic E-state index is 0.0428. The Hall–Kier alpha value is -0.830. The molecular formula is C11H12INO4S. The van der Waals surface area contributed by atoms with Gasteiger partial charge in [0.05, 0.1) is 9.82 Å². The first-order valence-corrected chi connectivity index (χ1v) is 7.12. The van der Waals surface area contributed by atoms with Gasteiger partial charge in [0.25, 0.3) is 5.69 Å². The molecule has 0 radical (unpaired) electrons. The molecule has 0 aliphatic carbocycles. The van der Waals surface area contributed by atoms with Crippen LogP contribution in [0.5, 0.6) is 0 Å². The number of aliphatic carboxylic acids is 1. The van der Waals surface area contributed by atoms with E-state index in [9.17, 15) is 14.9 Å². The van der Waals surface area contributed by atoms with Crippen molar-refractivity contribution < 1.29 is 14.8 Å². The fourth-order valence-electron chi connectivity index (χ4n) is 1.34. The SMILES string of the molecule is CC(C)C(Sc1ccc(I)cc1[N+](=O)[O-])C(=O)O. The molecule has 1 N–H and O–H groups in total. The van der Waals surface area contributed by atoms with Crippen LogP contribution in [0.2, 0.25) is 0 Å². The van der Waals surface area contributed by atoms with Gasteiger partial charge in [-0.3, -0.25) is 14.9 Å². The number of halogens is 1. The summed E-state index contributed by atoms with van der Waals surface area (Å²) in [7, 11) is 0. The van der Waals surface area contributed by atoms with E-state index in [4.69, 9.17) is 5.11 Å². The normalized spacial score (nSPS) is 12.4. The molecular weight excluding hydrogens is 369 g/mol. The summed E-state index contributed by atoms with van der Waals surface area (Å²) in [6, 6.07) is 4.78. The Kier molecular flexibility index (Phi) is 5.39. The van der Waals surface area contributed by atoms with Crippen LogP contribution >= 0.6 is 34.4 Å². The van der Waals surface area contributed by atoms with Gasteiger partial charge in [0.15, 0.2) is 0 Å². The van der Waals surface area contributed by atoms with E-state index >= 15 is 0 Å². The molecule has 1 unspecified atom stereocenters. The Labute approximate surface area is 122 Å². The molecule has 18 heavy (non-hydrogen) atoms. The number of carbonyl (C=O) groups is 1. The Morgan fingerprint density at radius 3 is 2.56 bits per heavy atom. The van der Waals surface area contributed by atoms with E-state index in [0.29, 0.717) is 4.90 Å². The average Bonchev–Trinajstić information content (AvgIpc) is 2.25. The number of hydrogen-bond donors (Lipinski definition) is 1. The van der Waals surface area contributed by atoms with Crippen molar-refractivity contribution in [3.05, 3.63) is 31.9 Å². The van der Waals surface area contributed by atoms with Crippen LogP contribution in [0.1, 0.15) is 13.8 Å². The molecule has 1 aromatic rings. The van der Waals surface area contributed by atoms with Crippen molar-refractivity contribution in [1.29, 1.82) is 0 Å². The van der Waals surface area contributed by atoms with Crippen molar-refractivity contribution in [2.75, 3.05) is 0 Å². The smallest absolute Gasteiger partial charge is 0.317 e. The number of thioether (sulfide) groups is 1. The van der Waals surface area contributed by atoms with Crippen molar-refractivity contribution in [2.24, 2.45) is 5.92 Å². The van der Waals surface area contributed by atoms with Crippen LogP contribution < -0.4 is 0 Å². The first-order chi connectivity index (χ1) is 8.32. The minimum atomic E-state index is -0.956. The van der Waals surface area contributed by atoms with E-state index in [2.05, 4.69) is 0 Å². The molecule has 0 spiro atoms. The number of hydrogen-bond acceptors (Lipinski definition) is 4. The lowest BCUT2D eigenvalue weighted by Crippen LogP contribution is -2.22. The Balaban J connectivity index is 3.10. The maximum Gasteiger partial charge on any atom is 0.317 e. The lowest BCUT2D eigenvalue weighted by Gasteiger charge is -2.15. The van der Waals surface area contributed by atoms with Crippen LogP contribution in [-0.2, 0) is 4.79 Å². The number of benzene rings is 1. The molecule has 0 heterocycles. The summed E-state index contributed by atoms with van der Waals surface area (Å²) in [5.41, 5.74) is -0.0428. The van der Waals surface area contributed by atoms with E-state index in [1.807, 2.05) is 22.6 Å². The van der Waals surface area contributed by atoms with E-state index in [0.717, 1.165) is 15.3 Å². The van der Waals surface area contributed by atoms with Gasteiger partial charge in [-0.15, -0.1) is 11.8 Å². The van der Waals surface area contributed by atoms with Crippen molar-refractivity contribution >= 4 is 46.0 Å². The predicted molar refractivity (Wildman–Crippen MR) is 77.9 cm³/mol. The molecule has 1 rings (SSSR count). The molecule has 0 saturated heterocycles. The highest BCUT2D eigenvalue weighted by Crippen LogP contribution is 2.35. The van der Waals surface area contributed by atoms with Crippen LogP contribution in [0, 0.1) is 19.6 Å². The molecule has 0 aliphatic heterocycles. The van der Waals surface area contributed by atoms with Gasteiger partial charge in [0.1, 0.15) is 5.25 Å². The van der Waals surface area contributed by atoms with Gasteiger partial charge >= 0.3 is 5.97 Å². The van der Waals surface area contributed by atoms with Crippen LogP contribution in [0.15, 0.2) is 23.1 Å². The summed E-state index contributed by atoms with van der Waals surface area (Å²) >= 11 is 3.01. The third kappa shape index (κ3) is 3.84. The second-order valence-corrected chi connectivity index (χ2v) is 6.42. The average molecular weight is 381 g/mol. The summed E-state index contributed by atoms with van der Waals surface area (Å²) < 4.78 is 0.750. The zero-order chi connectivity index (χ0) is 13.9. The molecule has 98 valence electrons. The molecule has 0 saturated carbocycles. The first-order valence-electron chi connectivity index (χ1n) is 5.16. The maximum atomic E-state index is 11.1. The molecule has 5 nitrogen and oxygen atoms in total. The molecule has 0 amide bonds. The van der Waals surface area contributed by atoms with E-state index < -0.39 is 16.1 Å². The fourth-order valence-corrected chi connectivity index (χ4v) is 2.86. The van der Waals surface area contributed by atoms with Gasteiger partial charge in [-0.05, 0) is 40.6 Å². The van der Waals surface area contributed by atoms with Crippen molar-refractivity contribution in [3.8, 4) is 0 Å². The Morgan fingerprint density at radius 1 is 1.50 bits per heavy atom. The van der Waals surface area contributed by atoms with E-state index in [1.165, 1.54) is 6.07 Å². The van der Waals surface area contributed by atoms with Crippen molar-refractivity contribution in [3.63, 3.8) is 0 Å². The lowest BCUT2D eigenvalue weighted by molar-refractivity contribution is -0.387. The third-order valence-corrected chi connectivity index (χ3v) is 4.49. The standard InChI is InChI=1S/C11H12INO4S/c1-6(2)10(11(14)15)18-9-4-3-7(12)5-8(9)13(16)17/h3-6,10H,1-2H3,(H,14,15). The third-order valence-electron chi connectivity index (χ3n) is 2.22.